The van der Waals surface area contributed by atoms with Crippen molar-refractivity contribution in [3.8, 4) is 28.6 Å². The lowest BCUT2D eigenvalue weighted by molar-refractivity contribution is 0.282. The standard InChI is InChI=1S/C18H18O5/c1-20-15-8-11(9-16(21-2)18(15)22-3)17-13(10-19)12-6-4-5-7-14(12)23-17/h4-9,19H,10H2,1-3H3. The largest absolute Gasteiger partial charge is 0.493 e. The van der Waals surface area contributed by atoms with Crippen LogP contribution in [0.15, 0.2) is 40.8 Å². The van der Waals surface area contributed by atoms with Crippen LogP contribution in [0.5, 0.6) is 17.2 Å². The summed E-state index contributed by atoms with van der Waals surface area (Å²) in [7, 11) is 4.68. The van der Waals surface area contributed by atoms with Crippen LogP contribution in [-0.4, -0.2) is 26.4 Å². The molecule has 120 valence electrons. The zero-order chi connectivity index (χ0) is 16.4. The van der Waals surface area contributed by atoms with E-state index in [1.165, 1.54) is 0 Å². The van der Waals surface area contributed by atoms with Gasteiger partial charge in [-0.15, -0.1) is 0 Å². The normalized spacial score (nSPS) is 10.8. The van der Waals surface area contributed by atoms with Crippen molar-refractivity contribution in [2.45, 2.75) is 6.61 Å². The summed E-state index contributed by atoms with van der Waals surface area (Å²) in [5.41, 5.74) is 2.20. The number of fused-ring (bicyclic) bond motifs is 1. The monoisotopic (exact) mass is 314 g/mol. The SMILES string of the molecule is COc1cc(-c2oc3ccccc3c2CO)cc(OC)c1OC. The lowest BCUT2D eigenvalue weighted by atomic mass is 10.0. The van der Waals surface area contributed by atoms with Gasteiger partial charge in [-0.1, -0.05) is 18.2 Å². The Labute approximate surface area is 134 Å². The minimum atomic E-state index is -0.122. The van der Waals surface area contributed by atoms with Gasteiger partial charge in [-0.2, -0.15) is 0 Å². The van der Waals surface area contributed by atoms with Crippen molar-refractivity contribution in [1.29, 1.82) is 0 Å². The molecule has 0 aliphatic rings. The third-order valence-electron chi connectivity index (χ3n) is 3.78. The molecule has 3 aromatic rings. The number of rotatable bonds is 5. The Morgan fingerprint density at radius 3 is 2.17 bits per heavy atom. The minimum absolute atomic E-state index is 0.122. The maximum atomic E-state index is 9.77. The molecule has 0 amide bonds. The lowest BCUT2D eigenvalue weighted by Crippen LogP contribution is -1.96. The molecule has 23 heavy (non-hydrogen) atoms. The first-order valence-corrected chi connectivity index (χ1v) is 7.15. The van der Waals surface area contributed by atoms with Crippen molar-refractivity contribution in [3.05, 3.63) is 42.0 Å². The van der Waals surface area contributed by atoms with E-state index in [4.69, 9.17) is 18.6 Å². The van der Waals surface area contributed by atoms with Crippen molar-refractivity contribution in [2.24, 2.45) is 0 Å². The molecule has 3 rings (SSSR count). The van der Waals surface area contributed by atoms with Gasteiger partial charge >= 0.3 is 0 Å². The molecule has 0 radical (unpaired) electrons. The van der Waals surface area contributed by atoms with Crippen molar-refractivity contribution in [1.82, 2.24) is 0 Å². The number of aliphatic hydroxyl groups excluding tert-OH is 1. The third-order valence-corrected chi connectivity index (χ3v) is 3.78. The maximum Gasteiger partial charge on any atom is 0.203 e. The maximum absolute atomic E-state index is 9.77. The van der Waals surface area contributed by atoms with Crippen LogP contribution in [0.2, 0.25) is 0 Å². The molecule has 0 atom stereocenters. The molecule has 1 N–H and O–H groups in total. The van der Waals surface area contributed by atoms with E-state index in [0.29, 0.717) is 23.0 Å². The first-order chi connectivity index (χ1) is 11.2. The number of ether oxygens (including phenoxy) is 3. The van der Waals surface area contributed by atoms with Crippen LogP contribution in [0.4, 0.5) is 0 Å². The van der Waals surface area contributed by atoms with E-state index in [2.05, 4.69) is 0 Å². The van der Waals surface area contributed by atoms with E-state index in [-0.39, 0.29) is 6.61 Å². The number of benzene rings is 2. The smallest absolute Gasteiger partial charge is 0.203 e. The van der Waals surface area contributed by atoms with Crippen LogP contribution >= 0.6 is 0 Å². The fourth-order valence-corrected chi connectivity index (χ4v) is 2.70. The third kappa shape index (κ3) is 2.49. The predicted octanol–water partition coefficient (Wildman–Crippen LogP) is 3.62. The average molecular weight is 314 g/mol. The molecular weight excluding hydrogens is 296 g/mol. The molecule has 0 aliphatic heterocycles. The molecule has 5 nitrogen and oxygen atoms in total. The average Bonchev–Trinajstić information content (AvgIpc) is 2.98. The summed E-state index contributed by atoms with van der Waals surface area (Å²) in [5.74, 6) is 2.17. The van der Waals surface area contributed by atoms with E-state index in [0.717, 1.165) is 22.1 Å². The van der Waals surface area contributed by atoms with Gasteiger partial charge in [0, 0.05) is 16.5 Å². The second-order valence-corrected chi connectivity index (χ2v) is 4.98. The van der Waals surface area contributed by atoms with Gasteiger partial charge in [-0.3, -0.25) is 0 Å². The lowest BCUT2D eigenvalue weighted by Gasteiger charge is -2.13. The highest BCUT2D eigenvalue weighted by molar-refractivity contribution is 5.88. The number of para-hydroxylation sites is 1. The number of aliphatic hydroxyl groups is 1. The zero-order valence-electron chi connectivity index (χ0n) is 13.3. The van der Waals surface area contributed by atoms with Gasteiger partial charge in [0.2, 0.25) is 5.75 Å². The Kier molecular flexibility index (Phi) is 4.12. The fourth-order valence-electron chi connectivity index (χ4n) is 2.70. The fraction of sp³-hybridized carbons (Fsp3) is 0.222. The summed E-state index contributed by atoms with van der Waals surface area (Å²) >= 11 is 0. The molecule has 0 saturated heterocycles. The van der Waals surface area contributed by atoms with Gasteiger partial charge in [-0.25, -0.2) is 0 Å². The molecular formula is C18H18O5. The van der Waals surface area contributed by atoms with Crippen LogP contribution in [0.1, 0.15) is 5.56 Å². The number of furan rings is 1. The molecule has 0 aliphatic carbocycles. The van der Waals surface area contributed by atoms with E-state index < -0.39 is 0 Å². The van der Waals surface area contributed by atoms with Gasteiger partial charge in [0.05, 0.1) is 27.9 Å². The summed E-state index contributed by atoms with van der Waals surface area (Å²) in [6.07, 6.45) is 0. The highest BCUT2D eigenvalue weighted by atomic mass is 16.5. The molecule has 0 saturated carbocycles. The molecule has 5 heteroatoms. The van der Waals surface area contributed by atoms with Crippen LogP contribution in [-0.2, 0) is 6.61 Å². The topological polar surface area (TPSA) is 61.1 Å². The second kappa shape index (κ2) is 6.22. The van der Waals surface area contributed by atoms with Crippen molar-refractivity contribution >= 4 is 11.0 Å². The molecule has 0 bridgehead atoms. The summed E-state index contributed by atoms with van der Waals surface area (Å²) in [5, 5.41) is 10.7. The van der Waals surface area contributed by atoms with Gasteiger partial charge in [0.15, 0.2) is 11.5 Å². The molecule has 0 spiro atoms. The van der Waals surface area contributed by atoms with Crippen LogP contribution in [0, 0.1) is 0 Å². The first kappa shape index (κ1) is 15.2. The molecule has 1 aromatic heterocycles. The van der Waals surface area contributed by atoms with Crippen molar-refractivity contribution in [2.75, 3.05) is 21.3 Å². The van der Waals surface area contributed by atoms with E-state index in [1.807, 2.05) is 24.3 Å². The number of hydrogen-bond donors (Lipinski definition) is 1. The number of methoxy groups -OCH3 is 3. The second-order valence-electron chi connectivity index (χ2n) is 4.98. The van der Waals surface area contributed by atoms with E-state index >= 15 is 0 Å². The van der Waals surface area contributed by atoms with Gasteiger partial charge in [0.25, 0.3) is 0 Å². The quantitative estimate of drug-likeness (QED) is 0.779. The Morgan fingerprint density at radius 1 is 0.957 bits per heavy atom. The Hall–Kier alpha value is -2.66. The van der Waals surface area contributed by atoms with Crippen molar-refractivity contribution in [3.63, 3.8) is 0 Å². The highest BCUT2D eigenvalue weighted by Crippen LogP contribution is 2.43. The zero-order valence-corrected chi connectivity index (χ0v) is 13.3. The van der Waals surface area contributed by atoms with Gasteiger partial charge < -0.3 is 23.7 Å². The minimum Gasteiger partial charge on any atom is -0.493 e. The van der Waals surface area contributed by atoms with Gasteiger partial charge in [0.1, 0.15) is 11.3 Å². The Morgan fingerprint density at radius 2 is 1.61 bits per heavy atom. The molecule has 1 heterocycles. The summed E-state index contributed by atoms with van der Waals surface area (Å²) < 4.78 is 22.0. The molecule has 0 unspecified atom stereocenters. The van der Waals surface area contributed by atoms with Crippen molar-refractivity contribution < 1.29 is 23.7 Å². The summed E-state index contributed by atoms with van der Waals surface area (Å²) in [6, 6.07) is 11.2. The van der Waals surface area contributed by atoms with E-state index in [1.54, 1.807) is 33.5 Å². The van der Waals surface area contributed by atoms with E-state index in [9.17, 15) is 5.11 Å². The predicted molar refractivity (Wildman–Crippen MR) is 87.2 cm³/mol. The summed E-state index contributed by atoms with van der Waals surface area (Å²) in [4.78, 5) is 0. The van der Waals surface area contributed by atoms with Crippen LogP contribution < -0.4 is 14.2 Å². The Balaban J connectivity index is 2.26. The van der Waals surface area contributed by atoms with Crippen LogP contribution in [0.3, 0.4) is 0 Å². The van der Waals surface area contributed by atoms with Gasteiger partial charge in [-0.05, 0) is 18.2 Å². The molecule has 0 fully saturated rings. The number of hydrogen-bond acceptors (Lipinski definition) is 5. The highest BCUT2D eigenvalue weighted by Gasteiger charge is 2.20. The summed E-state index contributed by atoms with van der Waals surface area (Å²) in [6.45, 7) is -0.122. The Bertz CT molecular complexity index is 810. The first-order valence-electron chi connectivity index (χ1n) is 7.15. The van der Waals surface area contributed by atoms with Crippen LogP contribution in [0.25, 0.3) is 22.3 Å². The molecule has 2 aromatic carbocycles.